The van der Waals surface area contributed by atoms with Crippen LogP contribution in [-0.2, 0) is 12.5 Å². The van der Waals surface area contributed by atoms with Gasteiger partial charge in [-0.25, -0.2) is 4.57 Å². The Morgan fingerprint density at radius 3 is 2.32 bits per heavy atom. The first-order valence-electron chi connectivity index (χ1n) is 12.2. The van der Waals surface area contributed by atoms with Crippen molar-refractivity contribution in [2.45, 2.75) is 52.9 Å². The van der Waals surface area contributed by atoms with Crippen molar-refractivity contribution in [1.29, 1.82) is 0 Å². The molecule has 5 aromatic rings. The van der Waals surface area contributed by atoms with Crippen LogP contribution in [0.3, 0.4) is 0 Å². The minimum absolute atomic E-state index is 0.0962. The second-order valence-electron chi connectivity index (χ2n) is 10.7. The minimum Gasteiger partial charge on any atom is -0.454 e. The molecule has 0 radical (unpaired) electrons. The Hall–Kier alpha value is -3.46. The summed E-state index contributed by atoms with van der Waals surface area (Å²) in [5, 5.41) is 2.31. The molecule has 3 aromatic heterocycles. The fourth-order valence-corrected chi connectivity index (χ4v) is 5.95. The number of nitrogens with zero attached hydrogens (tertiary/aromatic N) is 2. The number of fused-ring (bicyclic) bond motifs is 7. The van der Waals surface area contributed by atoms with Crippen LogP contribution >= 0.6 is 0 Å². The molecule has 170 valence electrons. The summed E-state index contributed by atoms with van der Waals surface area (Å²) >= 11 is 0. The Kier molecular flexibility index (Phi) is 4.36. The lowest BCUT2D eigenvalue weighted by molar-refractivity contribution is -0.660. The molecular weight excluding hydrogens is 416 g/mol. The highest BCUT2D eigenvalue weighted by atomic mass is 16.3. The topological polar surface area (TPSA) is 29.9 Å². The number of rotatable bonds is 2. The van der Waals surface area contributed by atoms with E-state index in [-0.39, 0.29) is 5.41 Å². The Balaban J connectivity index is 1.70. The number of aromatic nitrogens is 2. The van der Waals surface area contributed by atoms with E-state index in [9.17, 15) is 0 Å². The zero-order valence-corrected chi connectivity index (χ0v) is 21.1. The summed E-state index contributed by atoms with van der Waals surface area (Å²) < 4.78 is 9.08. The smallest absolute Gasteiger partial charge is 0.216 e. The average molecular weight is 448 g/mol. The third kappa shape index (κ3) is 2.70. The highest BCUT2D eigenvalue weighted by molar-refractivity contribution is 6.14. The SMILES string of the molecule is Cc1cc(-c2c(C)ccc3c2oc2c4c(ccc23)C(C)(C)c2cccnc2-4)[n+](C)cc1C(C)C. The maximum absolute atomic E-state index is 6.83. The van der Waals surface area contributed by atoms with E-state index in [2.05, 4.69) is 95.8 Å². The third-order valence-corrected chi connectivity index (χ3v) is 7.81. The molecule has 0 fully saturated rings. The van der Waals surface area contributed by atoms with Gasteiger partial charge in [-0.2, -0.15) is 0 Å². The molecule has 2 aromatic carbocycles. The Morgan fingerprint density at radius 1 is 0.882 bits per heavy atom. The van der Waals surface area contributed by atoms with Crippen molar-refractivity contribution < 1.29 is 8.98 Å². The molecule has 0 bridgehead atoms. The van der Waals surface area contributed by atoms with Crippen LogP contribution in [0.2, 0.25) is 0 Å². The molecule has 0 saturated carbocycles. The molecule has 0 aliphatic heterocycles. The lowest BCUT2D eigenvalue weighted by Gasteiger charge is -2.20. The van der Waals surface area contributed by atoms with Crippen molar-refractivity contribution in [3.63, 3.8) is 0 Å². The third-order valence-electron chi connectivity index (χ3n) is 7.81. The molecule has 0 spiro atoms. The zero-order valence-electron chi connectivity index (χ0n) is 21.1. The number of hydrogen-bond donors (Lipinski definition) is 0. The highest BCUT2D eigenvalue weighted by Crippen LogP contribution is 2.52. The van der Waals surface area contributed by atoms with E-state index in [1.165, 1.54) is 39.1 Å². The Bertz CT molecular complexity index is 1640. The summed E-state index contributed by atoms with van der Waals surface area (Å²) in [4.78, 5) is 4.80. The average Bonchev–Trinajstić information content (AvgIpc) is 3.28. The fourth-order valence-electron chi connectivity index (χ4n) is 5.95. The maximum Gasteiger partial charge on any atom is 0.216 e. The van der Waals surface area contributed by atoms with Crippen LogP contribution in [0.5, 0.6) is 0 Å². The molecule has 0 unspecified atom stereocenters. The van der Waals surface area contributed by atoms with Gasteiger partial charge in [-0.15, -0.1) is 0 Å². The number of hydrogen-bond acceptors (Lipinski definition) is 2. The lowest BCUT2D eigenvalue weighted by Crippen LogP contribution is -2.32. The minimum atomic E-state index is -0.0962. The molecule has 0 N–H and O–H groups in total. The second kappa shape index (κ2) is 7.02. The normalized spacial score (nSPS) is 14.2. The predicted octanol–water partition coefficient (Wildman–Crippen LogP) is 7.52. The van der Waals surface area contributed by atoms with Crippen molar-refractivity contribution in [3.8, 4) is 22.5 Å². The van der Waals surface area contributed by atoms with Gasteiger partial charge >= 0.3 is 0 Å². The van der Waals surface area contributed by atoms with Gasteiger partial charge in [-0.1, -0.05) is 58.0 Å². The van der Waals surface area contributed by atoms with E-state index in [1.807, 2.05) is 12.3 Å². The van der Waals surface area contributed by atoms with Gasteiger partial charge < -0.3 is 4.42 Å². The largest absolute Gasteiger partial charge is 0.454 e. The molecule has 6 rings (SSSR count). The molecule has 1 aliphatic rings. The van der Waals surface area contributed by atoms with E-state index in [4.69, 9.17) is 9.40 Å². The van der Waals surface area contributed by atoms with Crippen LogP contribution in [0.25, 0.3) is 44.5 Å². The van der Waals surface area contributed by atoms with Gasteiger partial charge in [0.25, 0.3) is 0 Å². The van der Waals surface area contributed by atoms with Gasteiger partial charge in [0.05, 0.1) is 11.3 Å². The first kappa shape index (κ1) is 21.1. The molecule has 3 nitrogen and oxygen atoms in total. The second-order valence-corrected chi connectivity index (χ2v) is 10.7. The van der Waals surface area contributed by atoms with Crippen molar-refractivity contribution in [1.82, 2.24) is 4.98 Å². The Labute approximate surface area is 201 Å². The van der Waals surface area contributed by atoms with E-state index in [0.717, 1.165) is 33.2 Å². The van der Waals surface area contributed by atoms with Gasteiger partial charge in [-0.05, 0) is 48.1 Å². The standard InChI is InChI=1S/C31H31N2O/c1-17(2)22-16-33(7)25(15-19(22)4)26-18(3)10-11-20-21-12-13-23-27(30(21)34-29(20)26)28-24(31(23,5)6)9-8-14-32-28/h8-17H,1-7H3/q+1. The predicted molar refractivity (Wildman–Crippen MR) is 139 cm³/mol. The Morgan fingerprint density at radius 2 is 1.59 bits per heavy atom. The van der Waals surface area contributed by atoms with Crippen LogP contribution in [-0.4, -0.2) is 4.98 Å². The summed E-state index contributed by atoms with van der Waals surface area (Å²) in [6, 6.07) is 15.5. The summed E-state index contributed by atoms with van der Waals surface area (Å²) in [7, 11) is 2.14. The summed E-state index contributed by atoms with van der Waals surface area (Å²) in [6.07, 6.45) is 4.16. The van der Waals surface area contributed by atoms with Crippen molar-refractivity contribution >= 4 is 21.9 Å². The zero-order chi connectivity index (χ0) is 23.9. The molecule has 3 heterocycles. The quantitative estimate of drug-likeness (QED) is 0.262. The van der Waals surface area contributed by atoms with Gasteiger partial charge in [0.1, 0.15) is 18.2 Å². The van der Waals surface area contributed by atoms with Crippen LogP contribution in [0.4, 0.5) is 0 Å². The molecule has 1 aliphatic carbocycles. The van der Waals surface area contributed by atoms with Gasteiger partial charge in [-0.3, -0.25) is 4.98 Å². The van der Waals surface area contributed by atoms with E-state index < -0.39 is 0 Å². The van der Waals surface area contributed by atoms with Crippen LogP contribution in [0.1, 0.15) is 61.4 Å². The number of aryl methyl sites for hydroxylation is 3. The monoisotopic (exact) mass is 447 g/mol. The molecule has 0 atom stereocenters. The van der Waals surface area contributed by atoms with Crippen LogP contribution in [0, 0.1) is 13.8 Å². The first-order chi connectivity index (χ1) is 16.2. The van der Waals surface area contributed by atoms with E-state index in [1.54, 1.807) is 0 Å². The van der Waals surface area contributed by atoms with Crippen LogP contribution in [0.15, 0.2) is 59.3 Å². The molecule has 34 heavy (non-hydrogen) atoms. The van der Waals surface area contributed by atoms with Crippen LogP contribution < -0.4 is 4.57 Å². The fraction of sp³-hybridized carbons (Fsp3) is 0.290. The first-order valence-corrected chi connectivity index (χ1v) is 12.2. The summed E-state index contributed by atoms with van der Waals surface area (Å²) in [6.45, 7) is 13.5. The van der Waals surface area contributed by atoms with Crippen molar-refractivity contribution in [3.05, 3.63) is 82.7 Å². The summed E-state index contributed by atoms with van der Waals surface area (Å²) in [5.41, 5.74) is 12.8. The van der Waals surface area contributed by atoms with Crippen molar-refractivity contribution in [2.24, 2.45) is 7.05 Å². The summed E-state index contributed by atoms with van der Waals surface area (Å²) in [5.74, 6) is 0.488. The number of furan rings is 1. The van der Waals surface area contributed by atoms with Gasteiger partial charge in [0.15, 0.2) is 6.20 Å². The van der Waals surface area contributed by atoms with E-state index >= 15 is 0 Å². The number of pyridine rings is 2. The molecule has 3 heteroatoms. The maximum atomic E-state index is 6.83. The van der Waals surface area contributed by atoms with Gasteiger partial charge in [0.2, 0.25) is 5.69 Å². The van der Waals surface area contributed by atoms with Gasteiger partial charge in [0, 0.05) is 39.6 Å². The molecular formula is C31H31N2O+. The van der Waals surface area contributed by atoms with E-state index in [0.29, 0.717) is 5.92 Å². The molecule has 0 amide bonds. The number of benzene rings is 2. The highest BCUT2D eigenvalue weighted by Gasteiger charge is 2.38. The van der Waals surface area contributed by atoms with Crippen molar-refractivity contribution in [2.75, 3.05) is 0 Å². The molecule has 0 saturated heterocycles. The lowest BCUT2D eigenvalue weighted by atomic mass is 9.82.